The molecule has 1 aromatic rings. The van der Waals surface area contributed by atoms with Gasteiger partial charge in [-0.05, 0) is 24.6 Å². The topological polar surface area (TPSA) is 26.3 Å². The Morgan fingerprint density at radius 3 is 2.71 bits per heavy atom. The van der Waals surface area contributed by atoms with Gasteiger partial charge in [-0.3, -0.25) is 4.79 Å². The van der Waals surface area contributed by atoms with E-state index in [2.05, 4.69) is 6.92 Å². The maximum absolute atomic E-state index is 11.8. The largest absolute Gasteiger partial charge is 0.373 e. The van der Waals surface area contributed by atoms with E-state index in [-0.39, 0.29) is 12.4 Å². The number of rotatable bonds is 7. The van der Waals surface area contributed by atoms with Gasteiger partial charge in [-0.2, -0.15) is 0 Å². The van der Waals surface area contributed by atoms with Crippen LogP contribution in [0.3, 0.4) is 0 Å². The van der Waals surface area contributed by atoms with Crippen molar-refractivity contribution in [2.45, 2.75) is 26.2 Å². The van der Waals surface area contributed by atoms with Gasteiger partial charge in [0.05, 0.1) is 5.02 Å². The molecule has 0 aromatic heterocycles. The van der Waals surface area contributed by atoms with Crippen LogP contribution in [-0.2, 0) is 4.74 Å². The molecule has 0 aliphatic heterocycles. The van der Waals surface area contributed by atoms with Gasteiger partial charge >= 0.3 is 0 Å². The summed E-state index contributed by atoms with van der Waals surface area (Å²) in [6.45, 7) is 2.81. The van der Waals surface area contributed by atoms with E-state index in [1.165, 1.54) is 0 Å². The zero-order valence-corrected chi connectivity index (χ0v) is 11.4. The van der Waals surface area contributed by atoms with Crippen LogP contribution >= 0.6 is 23.2 Å². The second-order valence-corrected chi connectivity index (χ2v) is 4.65. The summed E-state index contributed by atoms with van der Waals surface area (Å²) in [5, 5.41) is 0.898. The fourth-order valence-electron chi connectivity index (χ4n) is 1.41. The quantitative estimate of drug-likeness (QED) is 0.545. The number of unbranched alkanes of at least 4 members (excludes halogenated alkanes) is 2. The van der Waals surface area contributed by atoms with Crippen molar-refractivity contribution < 1.29 is 9.53 Å². The highest BCUT2D eigenvalue weighted by Gasteiger charge is 2.10. The Kier molecular flexibility index (Phi) is 6.56. The molecule has 0 atom stereocenters. The summed E-state index contributed by atoms with van der Waals surface area (Å²) in [7, 11) is 0. The molecule has 0 saturated heterocycles. The first-order valence-corrected chi connectivity index (χ1v) is 6.46. The number of hydrogen-bond acceptors (Lipinski definition) is 2. The molecule has 0 aliphatic rings. The monoisotopic (exact) mass is 274 g/mol. The molecule has 2 nitrogen and oxygen atoms in total. The summed E-state index contributed by atoms with van der Waals surface area (Å²) in [6.07, 6.45) is 3.24. The Morgan fingerprint density at radius 1 is 1.29 bits per heavy atom. The van der Waals surface area contributed by atoms with Crippen LogP contribution in [0.4, 0.5) is 0 Å². The number of Topliss-reactive ketones (excluding diaryl/α,β-unsaturated/α-hetero) is 1. The average molecular weight is 275 g/mol. The molecule has 0 aliphatic carbocycles. The maximum Gasteiger partial charge on any atom is 0.189 e. The Hall–Kier alpha value is -0.570. The van der Waals surface area contributed by atoms with E-state index in [9.17, 15) is 4.79 Å². The van der Waals surface area contributed by atoms with Gasteiger partial charge in [0.1, 0.15) is 6.61 Å². The number of halogens is 2. The van der Waals surface area contributed by atoms with Gasteiger partial charge in [-0.1, -0.05) is 43.0 Å². The third-order valence-electron chi connectivity index (χ3n) is 2.36. The summed E-state index contributed by atoms with van der Waals surface area (Å²) in [4.78, 5) is 11.8. The van der Waals surface area contributed by atoms with Crippen LogP contribution in [0.1, 0.15) is 36.5 Å². The van der Waals surface area contributed by atoms with Crippen molar-refractivity contribution in [3.05, 3.63) is 33.8 Å². The van der Waals surface area contributed by atoms with Crippen LogP contribution in [0.15, 0.2) is 18.2 Å². The minimum absolute atomic E-state index is 0.0745. The Balaban J connectivity index is 2.42. The number of ketones is 1. The van der Waals surface area contributed by atoms with Crippen molar-refractivity contribution in [1.29, 1.82) is 0 Å². The minimum Gasteiger partial charge on any atom is -0.373 e. The van der Waals surface area contributed by atoms with E-state index >= 15 is 0 Å². The van der Waals surface area contributed by atoms with E-state index in [1.807, 2.05) is 0 Å². The molecule has 0 radical (unpaired) electrons. The Labute approximate surface area is 112 Å². The third-order valence-corrected chi connectivity index (χ3v) is 2.90. The van der Waals surface area contributed by atoms with Crippen LogP contribution in [0.25, 0.3) is 0 Å². The zero-order valence-electron chi connectivity index (χ0n) is 9.84. The first-order chi connectivity index (χ1) is 8.15. The molecule has 0 bridgehead atoms. The summed E-state index contributed by atoms with van der Waals surface area (Å²) >= 11 is 11.7. The number of ether oxygens (including phenoxy) is 1. The first kappa shape index (κ1) is 14.5. The molecule has 4 heteroatoms. The molecule has 0 N–H and O–H groups in total. The average Bonchev–Trinajstić information content (AvgIpc) is 2.28. The van der Waals surface area contributed by atoms with Gasteiger partial charge in [0.15, 0.2) is 5.78 Å². The predicted molar refractivity (Wildman–Crippen MR) is 71.1 cm³/mol. The van der Waals surface area contributed by atoms with E-state index in [0.717, 1.165) is 19.3 Å². The van der Waals surface area contributed by atoms with Gasteiger partial charge in [0.25, 0.3) is 0 Å². The molecule has 0 heterocycles. The molecule has 1 aromatic carbocycles. The summed E-state index contributed by atoms with van der Waals surface area (Å²) in [6, 6.07) is 4.84. The second-order valence-electron chi connectivity index (χ2n) is 3.81. The molecular weight excluding hydrogens is 259 g/mol. The summed E-state index contributed by atoms with van der Waals surface area (Å²) in [5.74, 6) is -0.108. The van der Waals surface area contributed by atoms with Gasteiger partial charge in [-0.25, -0.2) is 0 Å². The van der Waals surface area contributed by atoms with Crippen molar-refractivity contribution in [2.75, 3.05) is 13.2 Å². The van der Waals surface area contributed by atoms with Crippen molar-refractivity contribution in [3.8, 4) is 0 Å². The first-order valence-electron chi connectivity index (χ1n) is 5.71. The molecule has 0 saturated carbocycles. The van der Waals surface area contributed by atoms with E-state index < -0.39 is 0 Å². The Morgan fingerprint density at radius 2 is 2.06 bits per heavy atom. The van der Waals surface area contributed by atoms with E-state index in [1.54, 1.807) is 18.2 Å². The predicted octanol–water partition coefficient (Wildman–Crippen LogP) is 4.38. The number of hydrogen-bond donors (Lipinski definition) is 0. The van der Waals surface area contributed by atoms with Crippen molar-refractivity contribution in [2.24, 2.45) is 0 Å². The lowest BCUT2D eigenvalue weighted by atomic mass is 10.1. The van der Waals surface area contributed by atoms with Gasteiger partial charge in [0, 0.05) is 17.2 Å². The standard InChI is InChI=1S/C13H16Cl2O2/c1-2-3-4-7-17-9-13(16)11-6-5-10(14)8-12(11)15/h5-6,8H,2-4,7,9H2,1H3. The fraction of sp³-hybridized carbons (Fsp3) is 0.462. The van der Waals surface area contributed by atoms with Gasteiger partial charge < -0.3 is 4.74 Å². The number of carbonyl (C=O) groups is 1. The van der Waals surface area contributed by atoms with Crippen molar-refractivity contribution >= 4 is 29.0 Å². The molecule has 94 valence electrons. The molecule has 1 rings (SSSR count). The van der Waals surface area contributed by atoms with Gasteiger partial charge in [0.2, 0.25) is 0 Å². The summed E-state index contributed by atoms with van der Waals surface area (Å²) < 4.78 is 5.30. The highest BCUT2D eigenvalue weighted by molar-refractivity contribution is 6.36. The number of carbonyl (C=O) groups excluding carboxylic acids is 1. The molecule has 0 unspecified atom stereocenters. The van der Waals surface area contributed by atoms with Crippen molar-refractivity contribution in [3.63, 3.8) is 0 Å². The maximum atomic E-state index is 11.8. The molecule has 0 amide bonds. The number of benzene rings is 1. The molecule has 0 fully saturated rings. The highest BCUT2D eigenvalue weighted by Crippen LogP contribution is 2.21. The zero-order chi connectivity index (χ0) is 12.7. The SMILES string of the molecule is CCCCCOCC(=O)c1ccc(Cl)cc1Cl. The van der Waals surface area contributed by atoms with Crippen molar-refractivity contribution in [1.82, 2.24) is 0 Å². The fourth-order valence-corrected chi connectivity index (χ4v) is 1.93. The normalized spacial score (nSPS) is 10.5. The minimum atomic E-state index is -0.108. The Bertz CT molecular complexity index is 378. The summed E-state index contributed by atoms with van der Waals surface area (Å²) in [5.41, 5.74) is 0.464. The van der Waals surface area contributed by atoms with Crippen LogP contribution in [0.2, 0.25) is 10.0 Å². The molecule has 0 spiro atoms. The third kappa shape index (κ3) is 5.07. The smallest absolute Gasteiger partial charge is 0.189 e. The lowest BCUT2D eigenvalue weighted by Crippen LogP contribution is -2.10. The van der Waals surface area contributed by atoms with E-state index in [4.69, 9.17) is 27.9 Å². The van der Waals surface area contributed by atoms with Crippen LogP contribution < -0.4 is 0 Å². The van der Waals surface area contributed by atoms with Crippen LogP contribution in [0.5, 0.6) is 0 Å². The molecular formula is C13H16Cl2O2. The molecule has 17 heavy (non-hydrogen) atoms. The lowest BCUT2D eigenvalue weighted by Gasteiger charge is -2.05. The van der Waals surface area contributed by atoms with Gasteiger partial charge in [-0.15, -0.1) is 0 Å². The highest BCUT2D eigenvalue weighted by atomic mass is 35.5. The second kappa shape index (κ2) is 7.70. The lowest BCUT2D eigenvalue weighted by molar-refractivity contribution is 0.0753. The van der Waals surface area contributed by atoms with Crippen LogP contribution in [-0.4, -0.2) is 19.0 Å². The van der Waals surface area contributed by atoms with Crippen LogP contribution in [0, 0.1) is 0 Å². The van der Waals surface area contributed by atoms with E-state index in [0.29, 0.717) is 22.2 Å².